The molecule has 0 bridgehead atoms. The summed E-state index contributed by atoms with van der Waals surface area (Å²) in [5, 5.41) is 5.74. The van der Waals surface area contributed by atoms with Crippen molar-refractivity contribution in [1.29, 1.82) is 0 Å². The predicted molar refractivity (Wildman–Crippen MR) is 108 cm³/mol. The molecule has 132 valence electrons. The minimum absolute atomic E-state index is 0.208. The number of carbonyl (C=O) groups is 2. The van der Waals surface area contributed by atoms with Crippen molar-refractivity contribution in [2.24, 2.45) is 0 Å². The third-order valence-corrected chi connectivity index (χ3v) is 4.97. The quantitative estimate of drug-likeness (QED) is 0.703. The van der Waals surface area contributed by atoms with Crippen LogP contribution in [0.4, 0.5) is 5.69 Å². The second kappa shape index (κ2) is 9.63. The van der Waals surface area contributed by atoms with Crippen LogP contribution in [-0.4, -0.2) is 29.9 Å². The summed E-state index contributed by atoms with van der Waals surface area (Å²) in [4.78, 5) is 25.2. The van der Waals surface area contributed by atoms with E-state index in [2.05, 4.69) is 26.6 Å². The number of rotatable bonds is 7. The standard InChI is InChI=1S/C19H21BrN2O2S/c1-13-6-5-7-14(12-13)21-19(24)17(10-11-25-2)22-18(23)15-8-3-4-9-16(15)20/h3-9,12,17H,10-11H2,1-2H3,(H,21,24)(H,22,23). The Balaban J connectivity index is 2.10. The number of halogens is 1. The summed E-state index contributed by atoms with van der Waals surface area (Å²) in [7, 11) is 0. The fourth-order valence-electron chi connectivity index (χ4n) is 2.34. The van der Waals surface area contributed by atoms with Gasteiger partial charge in [0.25, 0.3) is 5.91 Å². The molecule has 0 radical (unpaired) electrons. The lowest BCUT2D eigenvalue weighted by Crippen LogP contribution is -2.44. The number of amides is 2. The number of benzene rings is 2. The van der Waals surface area contributed by atoms with Gasteiger partial charge in [0.1, 0.15) is 6.04 Å². The molecule has 6 heteroatoms. The molecule has 1 unspecified atom stereocenters. The molecule has 2 aromatic rings. The molecular formula is C19H21BrN2O2S. The van der Waals surface area contributed by atoms with Crippen molar-refractivity contribution in [2.75, 3.05) is 17.3 Å². The SMILES string of the molecule is CSCCC(NC(=O)c1ccccc1Br)C(=O)Nc1cccc(C)c1. The van der Waals surface area contributed by atoms with E-state index in [1.165, 1.54) is 0 Å². The first-order chi connectivity index (χ1) is 12.0. The average molecular weight is 421 g/mol. The van der Waals surface area contributed by atoms with Gasteiger partial charge in [-0.15, -0.1) is 0 Å². The summed E-state index contributed by atoms with van der Waals surface area (Å²) >= 11 is 5.01. The average Bonchev–Trinajstić information content (AvgIpc) is 2.58. The molecule has 0 spiro atoms. The molecule has 2 amide bonds. The largest absolute Gasteiger partial charge is 0.340 e. The predicted octanol–water partition coefficient (Wildman–Crippen LogP) is 4.25. The number of anilines is 1. The maximum Gasteiger partial charge on any atom is 0.253 e. The van der Waals surface area contributed by atoms with E-state index in [0.717, 1.165) is 17.0 Å². The van der Waals surface area contributed by atoms with Gasteiger partial charge in [0.2, 0.25) is 5.91 Å². The van der Waals surface area contributed by atoms with Crippen LogP contribution in [-0.2, 0) is 4.79 Å². The molecule has 2 rings (SSSR count). The number of nitrogens with one attached hydrogen (secondary N) is 2. The number of hydrogen-bond donors (Lipinski definition) is 2. The van der Waals surface area contributed by atoms with Crippen LogP contribution in [0.5, 0.6) is 0 Å². The normalized spacial score (nSPS) is 11.6. The summed E-state index contributed by atoms with van der Waals surface area (Å²) in [6.45, 7) is 1.97. The van der Waals surface area contributed by atoms with Crippen molar-refractivity contribution in [1.82, 2.24) is 5.32 Å². The highest BCUT2D eigenvalue weighted by atomic mass is 79.9. The van der Waals surface area contributed by atoms with Crippen molar-refractivity contribution in [3.05, 3.63) is 64.1 Å². The lowest BCUT2D eigenvalue weighted by Gasteiger charge is -2.19. The van der Waals surface area contributed by atoms with Crippen LogP contribution >= 0.6 is 27.7 Å². The van der Waals surface area contributed by atoms with Crippen molar-refractivity contribution < 1.29 is 9.59 Å². The van der Waals surface area contributed by atoms with E-state index >= 15 is 0 Å². The summed E-state index contributed by atoms with van der Waals surface area (Å²) in [5.41, 5.74) is 2.31. The molecule has 4 nitrogen and oxygen atoms in total. The third kappa shape index (κ3) is 5.90. The summed E-state index contributed by atoms with van der Waals surface area (Å²) < 4.78 is 0.704. The highest BCUT2D eigenvalue weighted by Gasteiger charge is 2.22. The molecule has 0 aliphatic rings. The van der Waals surface area contributed by atoms with E-state index in [1.807, 2.05) is 43.5 Å². The smallest absolute Gasteiger partial charge is 0.253 e. The van der Waals surface area contributed by atoms with Crippen LogP contribution < -0.4 is 10.6 Å². The molecule has 0 aliphatic carbocycles. The molecule has 0 saturated heterocycles. The Kier molecular flexibility index (Phi) is 7.52. The summed E-state index contributed by atoms with van der Waals surface area (Å²) in [6, 6.07) is 14.2. The Morgan fingerprint density at radius 2 is 1.92 bits per heavy atom. The van der Waals surface area contributed by atoms with Crippen molar-refractivity contribution >= 4 is 45.2 Å². The number of carbonyl (C=O) groups excluding carboxylic acids is 2. The fraction of sp³-hybridized carbons (Fsp3) is 0.263. The van der Waals surface area contributed by atoms with Gasteiger partial charge in [-0.3, -0.25) is 9.59 Å². The van der Waals surface area contributed by atoms with Crippen LogP contribution in [0.15, 0.2) is 53.0 Å². The first-order valence-corrected chi connectivity index (χ1v) is 10.1. The second-order valence-electron chi connectivity index (χ2n) is 5.65. The molecule has 0 heterocycles. The zero-order valence-electron chi connectivity index (χ0n) is 14.2. The van der Waals surface area contributed by atoms with Gasteiger partial charge in [-0.1, -0.05) is 24.3 Å². The van der Waals surface area contributed by atoms with Gasteiger partial charge in [-0.2, -0.15) is 11.8 Å². The van der Waals surface area contributed by atoms with Crippen molar-refractivity contribution in [2.45, 2.75) is 19.4 Å². The van der Waals surface area contributed by atoms with E-state index in [1.54, 1.807) is 30.0 Å². The maximum atomic E-state index is 12.6. The Labute approximate surface area is 160 Å². The fourth-order valence-corrected chi connectivity index (χ4v) is 3.27. The topological polar surface area (TPSA) is 58.2 Å². The molecule has 0 saturated carbocycles. The number of hydrogen-bond acceptors (Lipinski definition) is 3. The lowest BCUT2D eigenvalue weighted by atomic mass is 10.1. The van der Waals surface area contributed by atoms with Gasteiger partial charge in [0.15, 0.2) is 0 Å². The minimum Gasteiger partial charge on any atom is -0.340 e. The van der Waals surface area contributed by atoms with Crippen molar-refractivity contribution in [3.8, 4) is 0 Å². The molecule has 1 atom stereocenters. The van der Waals surface area contributed by atoms with E-state index in [0.29, 0.717) is 16.5 Å². The first kappa shape index (κ1) is 19.5. The Morgan fingerprint density at radius 3 is 2.60 bits per heavy atom. The summed E-state index contributed by atoms with van der Waals surface area (Å²) in [5.74, 6) is 0.306. The Hall–Kier alpha value is -1.79. The highest BCUT2D eigenvalue weighted by Crippen LogP contribution is 2.17. The zero-order valence-corrected chi connectivity index (χ0v) is 16.6. The molecule has 0 fully saturated rings. The van der Waals surface area contributed by atoms with Crippen LogP contribution in [0.25, 0.3) is 0 Å². The maximum absolute atomic E-state index is 12.6. The monoisotopic (exact) mass is 420 g/mol. The molecule has 25 heavy (non-hydrogen) atoms. The molecule has 2 N–H and O–H groups in total. The number of thioether (sulfide) groups is 1. The van der Waals surface area contributed by atoms with Gasteiger partial charge < -0.3 is 10.6 Å². The van der Waals surface area contributed by atoms with Crippen molar-refractivity contribution in [3.63, 3.8) is 0 Å². The molecule has 0 aliphatic heterocycles. The van der Waals surface area contributed by atoms with Gasteiger partial charge >= 0.3 is 0 Å². The first-order valence-electron chi connectivity index (χ1n) is 7.93. The van der Waals surface area contributed by atoms with Crippen LogP contribution in [0.2, 0.25) is 0 Å². The number of aryl methyl sites for hydroxylation is 1. The van der Waals surface area contributed by atoms with Crippen LogP contribution in [0, 0.1) is 6.92 Å². The van der Waals surface area contributed by atoms with E-state index < -0.39 is 6.04 Å². The van der Waals surface area contributed by atoms with Gasteiger partial charge in [-0.05, 0) is 71.1 Å². The van der Waals surface area contributed by atoms with Crippen LogP contribution in [0.1, 0.15) is 22.3 Å². The van der Waals surface area contributed by atoms with Gasteiger partial charge in [0.05, 0.1) is 5.56 Å². The highest BCUT2D eigenvalue weighted by molar-refractivity contribution is 9.10. The second-order valence-corrected chi connectivity index (χ2v) is 7.49. The zero-order chi connectivity index (χ0) is 18.2. The third-order valence-electron chi connectivity index (χ3n) is 3.64. The van der Waals surface area contributed by atoms with E-state index in [-0.39, 0.29) is 11.8 Å². The van der Waals surface area contributed by atoms with E-state index in [9.17, 15) is 9.59 Å². The van der Waals surface area contributed by atoms with E-state index in [4.69, 9.17) is 0 Å². The molecule has 0 aromatic heterocycles. The molecular weight excluding hydrogens is 400 g/mol. The molecule has 2 aromatic carbocycles. The van der Waals surface area contributed by atoms with Gasteiger partial charge in [0, 0.05) is 10.2 Å². The van der Waals surface area contributed by atoms with Crippen LogP contribution in [0.3, 0.4) is 0 Å². The minimum atomic E-state index is -0.590. The van der Waals surface area contributed by atoms with Gasteiger partial charge in [-0.25, -0.2) is 0 Å². The Morgan fingerprint density at radius 1 is 1.16 bits per heavy atom. The summed E-state index contributed by atoms with van der Waals surface area (Å²) in [6.07, 6.45) is 2.54. The Bertz CT molecular complexity index is 752. The lowest BCUT2D eigenvalue weighted by molar-refractivity contribution is -0.118.